The molecule has 1 atom stereocenters. The highest BCUT2D eigenvalue weighted by atomic mass is 32.1. The van der Waals surface area contributed by atoms with Crippen molar-refractivity contribution in [1.29, 1.82) is 0 Å². The number of hydrogen-bond acceptors (Lipinski definition) is 6. The van der Waals surface area contributed by atoms with E-state index in [1.54, 1.807) is 32.2 Å². The summed E-state index contributed by atoms with van der Waals surface area (Å²) < 4.78 is 11.1. The molecule has 1 heterocycles. The van der Waals surface area contributed by atoms with Crippen LogP contribution in [-0.4, -0.2) is 24.1 Å². The summed E-state index contributed by atoms with van der Waals surface area (Å²) in [5.74, 6) is 0.883. The predicted molar refractivity (Wildman–Crippen MR) is 104 cm³/mol. The van der Waals surface area contributed by atoms with E-state index >= 15 is 0 Å². The van der Waals surface area contributed by atoms with Crippen LogP contribution in [0.5, 0.6) is 11.5 Å². The molecule has 1 unspecified atom stereocenters. The fourth-order valence-electron chi connectivity index (χ4n) is 2.42. The largest absolute Gasteiger partial charge is 0.495 e. The molecule has 134 valence electrons. The quantitative estimate of drug-likeness (QED) is 0.690. The molecule has 3 aromatic rings. The van der Waals surface area contributed by atoms with Gasteiger partial charge in [0.2, 0.25) is 0 Å². The topological polar surface area (TPSA) is 86.5 Å². The lowest BCUT2D eigenvalue weighted by atomic mass is 10.1. The highest BCUT2D eigenvalue weighted by molar-refractivity contribution is 7.13. The van der Waals surface area contributed by atoms with E-state index < -0.39 is 6.10 Å². The normalized spacial score (nSPS) is 11.6. The second kappa shape index (κ2) is 7.88. The molecule has 3 N–H and O–H groups in total. The first-order chi connectivity index (χ1) is 12.6. The summed E-state index contributed by atoms with van der Waals surface area (Å²) >= 11 is 1.36. The highest BCUT2D eigenvalue weighted by Crippen LogP contribution is 2.32. The second-order valence-corrected chi connectivity index (χ2v) is 6.41. The van der Waals surface area contributed by atoms with Gasteiger partial charge < -0.3 is 20.5 Å². The summed E-state index contributed by atoms with van der Waals surface area (Å²) in [5.41, 5.74) is 7.82. The zero-order chi connectivity index (χ0) is 18.5. The molecule has 6 nitrogen and oxygen atoms in total. The van der Waals surface area contributed by atoms with Gasteiger partial charge in [-0.25, -0.2) is 4.98 Å². The summed E-state index contributed by atoms with van der Waals surface area (Å²) in [6.45, 7) is 1.69. The zero-order valence-electron chi connectivity index (χ0n) is 14.4. The molecule has 2 aromatic carbocycles. The number of hydrogen-bond donors (Lipinski definition) is 2. The molecule has 0 saturated carbocycles. The summed E-state index contributed by atoms with van der Waals surface area (Å²) in [6.07, 6.45) is -0.711. The smallest absolute Gasteiger partial charge is 0.265 e. The minimum absolute atomic E-state index is 0.276. The van der Waals surface area contributed by atoms with Gasteiger partial charge in [0.05, 0.1) is 18.5 Å². The van der Waals surface area contributed by atoms with E-state index in [1.807, 2.05) is 35.7 Å². The van der Waals surface area contributed by atoms with Gasteiger partial charge in [-0.2, -0.15) is 0 Å². The van der Waals surface area contributed by atoms with Crippen molar-refractivity contribution in [2.24, 2.45) is 0 Å². The Morgan fingerprint density at radius 2 is 1.85 bits per heavy atom. The zero-order valence-corrected chi connectivity index (χ0v) is 15.2. The third-order valence-electron chi connectivity index (χ3n) is 3.72. The molecular weight excluding hydrogens is 350 g/mol. The van der Waals surface area contributed by atoms with E-state index in [4.69, 9.17) is 15.2 Å². The third-order valence-corrected chi connectivity index (χ3v) is 4.40. The van der Waals surface area contributed by atoms with Crippen molar-refractivity contribution in [1.82, 2.24) is 4.98 Å². The van der Waals surface area contributed by atoms with Gasteiger partial charge in [0.15, 0.2) is 11.2 Å². The fourth-order valence-corrected chi connectivity index (χ4v) is 2.98. The summed E-state index contributed by atoms with van der Waals surface area (Å²) in [4.78, 5) is 16.8. The Labute approximate surface area is 155 Å². The number of nitrogens with two attached hydrogens (primary N) is 1. The number of nitrogens with zero attached hydrogens (tertiary/aromatic N) is 1. The number of nitrogen functional groups attached to an aromatic ring is 1. The molecule has 3 rings (SSSR count). The Balaban J connectivity index is 1.76. The number of nitrogens with one attached hydrogen (secondary N) is 1. The maximum atomic E-state index is 12.5. The average molecular weight is 369 g/mol. The molecule has 0 aliphatic carbocycles. The minimum Gasteiger partial charge on any atom is -0.495 e. The van der Waals surface area contributed by atoms with Crippen LogP contribution in [0.1, 0.15) is 6.92 Å². The molecule has 0 aliphatic rings. The van der Waals surface area contributed by atoms with Gasteiger partial charge in [-0.05, 0) is 31.2 Å². The Morgan fingerprint density at radius 3 is 2.54 bits per heavy atom. The van der Waals surface area contributed by atoms with E-state index in [1.165, 1.54) is 11.3 Å². The van der Waals surface area contributed by atoms with E-state index in [9.17, 15) is 4.79 Å². The van der Waals surface area contributed by atoms with Crippen molar-refractivity contribution in [2.45, 2.75) is 13.0 Å². The van der Waals surface area contributed by atoms with Crippen LogP contribution in [0.15, 0.2) is 53.9 Å². The van der Waals surface area contributed by atoms with Crippen LogP contribution in [0.4, 0.5) is 10.8 Å². The van der Waals surface area contributed by atoms with E-state index in [0.29, 0.717) is 22.3 Å². The number of para-hydroxylation sites is 3. The van der Waals surface area contributed by atoms with Gasteiger partial charge >= 0.3 is 0 Å². The molecule has 1 amide bonds. The number of methoxy groups -OCH3 is 1. The molecule has 0 saturated heterocycles. The first-order valence-corrected chi connectivity index (χ1v) is 8.87. The average Bonchev–Trinajstić information content (AvgIpc) is 3.08. The van der Waals surface area contributed by atoms with E-state index in [-0.39, 0.29) is 5.91 Å². The van der Waals surface area contributed by atoms with Crippen molar-refractivity contribution in [3.63, 3.8) is 0 Å². The Hall–Kier alpha value is -3.06. The molecule has 0 aliphatic heterocycles. The van der Waals surface area contributed by atoms with Crippen LogP contribution in [0.25, 0.3) is 11.3 Å². The number of thiazole rings is 1. The van der Waals surface area contributed by atoms with E-state index in [2.05, 4.69) is 10.3 Å². The second-order valence-electron chi connectivity index (χ2n) is 5.52. The monoisotopic (exact) mass is 369 g/mol. The molecule has 1 aromatic heterocycles. The number of carbonyl (C=O) groups excluding carboxylic acids is 1. The van der Waals surface area contributed by atoms with Crippen LogP contribution in [-0.2, 0) is 4.79 Å². The first kappa shape index (κ1) is 17.8. The maximum absolute atomic E-state index is 12.5. The number of amides is 1. The molecule has 0 bridgehead atoms. The Bertz CT molecular complexity index is 910. The van der Waals surface area contributed by atoms with Crippen LogP contribution in [0.2, 0.25) is 0 Å². The van der Waals surface area contributed by atoms with Crippen molar-refractivity contribution >= 4 is 28.1 Å². The van der Waals surface area contributed by atoms with Crippen molar-refractivity contribution in [3.8, 4) is 22.8 Å². The van der Waals surface area contributed by atoms with Crippen molar-refractivity contribution < 1.29 is 14.3 Å². The lowest BCUT2D eigenvalue weighted by Crippen LogP contribution is -2.30. The van der Waals surface area contributed by atoms with Gasteiger partial charge in [-0.3, -0.25) is 4.79 Å². The van der Waals surface area contributed by atoms with Gasteiger partial charge in [0.25, 0.3) is 5.91 Å². The molecular formula is C19H19N3O3S. The number of benzene rings is 2. The van der Waals surface area contributed by atoms with Gasteiger partial charge in [-0.15, -0.1) is 11.3 Å². The van der Waals surface area contributed by atoms with Crippen molar-refractivity contribution in [3.05, 3.63) is 53.9 Å². The van der Waals surface area contributed by atoms with Crippen molar-refractivity contribution in [2.75, 3.05) is 18.2 Å². The first-order valence-electron chi connectivity index (χ1n) is 7.99. The minimum atomic E-state index is -0.711. The number of ether oxygens (including phenoxy) is 2. The SMILES string of the molecule is COc1ccccc1NC(=O)C(C)Oc1ccccc1-c1csc(N)n1. The molecule has 0 spiro atoms. The highest BCUT2D eigenvalue weighted by Gasteiger charge is 2.19. The molecule has 0 fully saturated rings. The number of rotatable bonds is 6. The van der Waals surface area contributed by atoms with Gasteiger partial charge in [0.1, 0.15) is 11.5 Å². The molecule has 0 radical (unpaired) electrons. The van der Waals surface area contributed by atoms with Crippen LogP contribution < -0.4 is 20.5 Å². The molecule has 7 heteroatoms. The van der Waals surface area contributed by atoms with Crippen LogP contribution in [0.3, 0.4) is 0 Å². The van der Waals surface area contributed by atoms with Crippen LogP contribution >= 0.6 is 11.3 Å². The summed E-state index contributed by atoms with van der Waals surface area (Å²) in [6, 6.07) is 14.6. The van der Waals surface area contributed by atoms with Gasteiger partial charge in [-0.1, -0.05) is 24.3 Å². The lowest BCUT2D eigenvalue weighted by molar-refractivity contribution is -0.122. The summed E-state index contributed by atoms with van der Waals surface area (Å²) in [5, 5.41) is 5.16. The summed E-state index contributed by atoms with van der Waals surface area (Å²) in [7, 11) is 1.56. The fraction of sp³-hybridized carbons (Fsp3) is 0.158. The lowest BCUT2D eigenvalue weighted by Gasteiger charge is -2.17. The molecule has 26 heavy (non-hydrogen) atoms. The predicted octanol–water partition coefficient (Wildman–Crippen LogP) is 3.81. The number of carbonyl (C=O) groups is 1. The third kappa shape index (κ3) is 3.94. The Morgan fingerprint density at radius 1 is 1.15 bits per heavy atom. The number of anilines is 2. The van der Waals surface area contributed by atoms with Crippen LogP contribution in [0, 0.1) is 0 Å². The number of aromatic nitrogens is 1. The standard InChI is InChI=1S/C19H19N3O3S/c1-12(18(23)21-14-8-4-6-10-17(14)24-2)25-16-9-5-3-7-13(16)15-11-26-19(20)22-15/h3-12H,1-2H3,(H2,20,22)(H,21,23). The maximum Gasteiger partial charge on any atom is 0.265 e. The Kier molecular flexibility index (Phi) is 5.38. The van der Waals surface area contributed by atoms with E-state index in [0.717, 1.165) is 11.3 Å². The van der Waals surface area contributed by atoms with Gasteiger partial charge in [0, 0.05) is 10.9 Å².